The van der Waals surface area contributed by atoms with Crippen LogP contribution in [0.25, 0.3) is 6.08 Å². The van der Waals surface area contributed by atoms with Crippen molar-refractivity contribution in [2.75, 3.05) is 31.7 Å². The summed E-state index contributed by atoms with van der Waals surface area (Å²) in [5.74, 6) is 3.10. The van der Waals surface area contributed by atoms with E-state index in [2.05, 4.69) is 16.3 Å². The van der Waals surface area contributed by atoms with Gasteiger partial charge in [-0.2, -0.15) is 11.8 Å². The fourth-order valence-electron chi connectivity index (χ4n) is 3.96. The average molecular weight is 454 g/mol. The predicted molar refractivity (Wildman–Crippen MR) is 131 cm³/mol. The van der Waals surface area contributed by atoms with Gasteiger partial charge in [0.25, 0.3) is 5.91 Å². The minimum atomic E-state index is -0.136. The Hall–Kier alpha value is -2.35. The topological polar surface area (TPSA) is 44.8 Å². The van der Waals surface area contributed by atoms with E-state index < -0.39 is 0 Å². The molecule has 0 aromatic heterocycles. The quantitative estimate of drug-likeness (QED) is 0.526. The van der Waals surface area contributed by atoms with Crippen molar-refractivity contribution in [3.63, 3.8) is 0 Å². The number of ether oxygens (including phenoxy) is 1. The van der Waals surface area contributed by atoms with Crippen molar-refractivity contribution < 1.29 is 9.53 Å². The molecular weight excluding hydrogens is 426 g/mol. The van der Waals surface area contributed by atoms with E-state index in [1.807, 2.05) is 67.2 Å². The van der Waals surface area contributed by atoms with E-state index >= 15 is 0 Å². The van der Waals surface area contributed by atoms with E-state index in [1.54, 1.807) is 12.0 Å². The van der Waals surface area contributed by atoms with Gasteiger partial charge in [0.15, 0.2) is 5.11 Å². The third-order valence-electron chi connectivity index (χ3n) is 5.69. The van der Waals surface area contributed by atoms with Gasteiger partial charge < -0.3 is 10.1 Å². The number of carbonyl (C=O) groups excluding carboxylic acids is 1. The molecule has 1 amide bonds. The molecule has 1 atom stereocenters. The Labute approximate surface area is 193 Å². The number of rotatable bonds is 6. The summed E-state index contributed by atoms with van der Waals surface area (Å²) in [6.45, 7) is 5.00. The van der Waals surface area contributed by atoms with Crippen LogP contribution in [0.4, 0.5) is 0 Å². The van der Waals surface area contributed by atoms with Crippen LogP contribution in [0.3, 0.4) is 0 Å². The summed E-state index contributed by atoms with van der Waals surface area (Å²) in [5, 5.41) is 3.54. The number of hydrogen-bond donors (Lipinski definition) is 1. The van der Waals surface area contributed by atoms with Crippen molar-refractivity contribution in [3.05, 3.63) is 70.9 Å². The summed E-state index contributed by atoms with van der Waals surface area (Å²) >= 11 is 7.48. The molecule has 5 nitrogen and oxygen atoms in total. The van der Waals surface area contributed by atoms with Gasteiger partial charge in [0.1, 0.15) is 11.4 Å². The van der Waals surface area contributed by atoms with Crippen LogP contribution in [-0.4, -0.2) is 52.5 Å². The Kier molecular flexibility index (Phi) is 6.95. The lowest BCUT2D eigenvalue weighted by Gasteiger charge is -2.26. The van der Waals surface area contributed by atoms with E-state index in [9.17, 15) is 4.79 Å². The number of nitrogens with one attached hydrogen (secondary N) is 1. The number of carbonyl (C=O) groups is 1. The monoisotopic (exact) mass is 453 g/mol. The standard InChI is InChI=1S/C24H27N3O2S2/c1-17(19-6-4-3-5-7-19)27-23(28)21(25-24(27)30)15-18-8-9-22(29-2)20(14-18)16-26-10-12-31-13-11-26/h3-9,14-15,17H,10-13,16H2,1-2H3,(H,25,30)/b21-15-. The molecule has 162 valence electrons. The molecule has 31 heavy (non-hydrogen) atoms. The second-order valence-electron chi connectivity index (χ2n) is 7.71. The number of thioether (sulfide) groups is 1. The molecule has 2 aliphatic heterocycles. The van der Waals surface area contributed by atoms with Gasteiger partial charge in [0.05, 0.1) is 13.2 Å². The summed E-state index contributed by atoms with van der Waals surface area (Å²) < 4.78 is 5.58. The largest absolute Gasteiger partial charge is 0.496 e. The molecular formula is C24H27N3O2S2. The van der Waals surface area contributed by atoms with Gasteiger partial charge in [0.2, 0.25) is 0 Å². The maximum absolute atomic E-state index is 13.1. The molecule has 4 rings (SSSR count). The second kappa shape index (κ2) is 9.85. The first-order chi connectivity index (χ1) is 15.1. The van der Waals surface area contributed by atoms with Crippen LogP contribution in [0.1, 0.15) is 29.7 Å². The van der Waals surface area contributed by atoms with Crippen molar-refractivity contribution in [2.45, 2.75) is 19.5 Å². The van der Waals surface area contributed by atoms with E-state index in [4.69, 9.17) is 17.0 Å². The molecule has 2 aromatic carbocycles. The first-order valence-electron chi connectivity index (χ1n) is 10.4. The van der Waals surface area contributed by atoms with Crippen molar-refractivity contribution in [2.24, 2.45) is 0 Å². The number of benzene rings is 2. The van der Waals surface area contributed by atoms with Crippen LogP contribution in [0, 0.1) is 0 Å². The zero-order chi connectivity index (χ0) is 21.8. The summed E-state index contributed by atoms with van der Waals surface area (Å²) in [6.07, 6.45) is 1.88. The van der Waals surface area contributed by atoms with E-state index in [1.165, 1.54) is 0 Å². The molecule has 1 N–H and O–H groups in total. The Morgan fingerprint density at radius 1 is 1.19 bits per heavy atom. The lowest BCUT2D eigenvalue weighted by atomic mass is 10.1. The van der Waals surface area contributed by atoms with Crippen molar-refractivity contribution in [3.8, 4) is 5.75 Å². The third kappa shape index (κ3) is 4.95. The zero-order valence-electron chi connectivity index (χ0n) is 17.8. The van der Waals surface area contributed by atoms with E-state index in [0.29, 0.717) is 10.8 Å². The molecule has 1 unspecified atom stereocenters. The molecule has 7 heteroatoms. The van der Waals surface area contributed by atoms with Gasteiger partial charge in [-0.25, -0.2) is 0 Å². The first-order valence-corrected chi connectivity index (χ1v) is 12.0. The van der Waals surface area contributed by atoms with Crippen LogP contribution < -0.4 is 10.1 Å². The Balaban J connectivity index is 1.56. The fourth-order valence-corrected chi connectivity index (χ4v) is 5.29. The number of thiocarbonyl (C=S) groups is 1. The van der Waals surface area contributed by atoms with Crippen molar-refractivity contribution in [1.29, 1.82) is 0 Å². The summed E-state index contributed by atoms with van der Waals surface area (Å²) in [7, 11) is 1.70. The molecule has 0 aliphatic carbocycles. The first kappa shape index (κ1) is 21.9. The van der Waals surface area contributed by atoms with Crippen LogP contribution in [0.2, 0.25) is 0 Å². The Morgan fingerprint density at radius 2 is 1.94 bits per heavy atom. The molecule has 2 saturated heterocycles. The maximum Gasteiger partial charge on any atom is 0.277 e. The second-order valence-corrected chi connectivity index (χ2v) is 9.32. The summed E-state index contributed by atoms with van der Waals surface area (Å²) in [5.41, 5.74) is 3.63. The molecule has 0 spiro atoms. The minimum Gasteiger partial charge on any atom is -0.496 e. The molecule has 2 heterocycles. The fraction of sp³-hybridized carbons (Fsp3) is 0.333. The number of nitrogens with zero attached hydrogens (tertiary/aromatic N) is 2. The van der Waals surface area contributed by atoms with Crippen molar-refractivity contribution in [1.82, 2.24) is 15.1 Å². The minimum absolute atomic E-state index is 0.105. The highest BCUT2D eigenvalue weighted by atomic mass is 32.2. The van der Waals surface area contributed by atoms with Crippen molar-refractivity contribution >= 4 is 41.1 Å². The molecule has 0 bridgehead atoms. The van der Waals surface area contributed by atoms with Gasteiger partial charge in [-0.05, 0) is 48.5 Å². The number of hydrogen-bond acceptors (Lipinski definition) is 5. The molecule has 0 saturated carbocycles. The zero-order valence-corrected chi connectivity index (χ0v) is 19.5. The lowest BCUT2D eigenvalue weighted by Crippen LogP contribution is -2.33. The maximum atomic E-state index is 13.1. The average Bonchev–Trinajstić information content (AvgIpc) is 3.07. The predicted octanol–water partition coefficient (Wildman–Crippen LogP) is 4.06. The summed E-state index contributed by atoms with van der Waals surface area (Å²) in [4.78, 5) is 17.2. The highest BCUT2D eigenvalue weighted by molar-refractivity contribution is 7.99. The van der Waals surface area contributed by atoms with Gasteiger partial charge in [-0.3, -0.25) is 14.6 Å². The van der Waals surface area contributed by atoms with E-state index in [0.717, 1.165) is 53.6 Å². The highest BCUT2D eigenvalue weighted by Gasteiger charge is 2.34. The Morgan fingerprint density at radius 3 is 2.65 bits per heavy atom. The lowest BCUT2D eigenvalue weighted by molar-refractivity contribution is -0.123. The SMILES string of the molecule is COc1ccc(/C=C2\NC(=S)N(C(C)c3ccccc3)C2=O)cc1CN1CCSCC1. The molecule has 2 aliphatic rings. The normalized spacial score (nSPS) is 19.5. The number of amides is 1. The van der Waals surface area contributed by atoms with Gasteiger partial charge >= 0.3 is 0 Å². The molecule has 2 fully saturated rings. The Bertz CT molecular complexity index is 988. The molecule has 0 radical (unpaired) electrons. The van der Waals surface area contributed by atoms with Crippen LogP contribution in [0.5, 0.6) is 5.75 Å². The number of methoxy groups -OCH3 is 1. The van der Waals surface area contributed by atoms with E-state index in [-0.39, 0.29) is 11.9 Å². The highest BCUT2D eigenvalue weighted by Crippen LogP contribution is 2.28. The van der Waals surface area contributed by atoms with Gasteiger partial charge in [-0.15, -0.1) is 0 Å². The van der Waals surface area contributed by atoms with Gasteiger partial charge in [-0.1, -0.05) is 36.4 Å². The van der Waals surface area contributed by atoms with Crippen LogP contribution in [-0.2, 0) is 11.3 Å². The summed E-state index contributed by atoms with van der Waals surface area (Å²) in [6, 6.07) is 15.9. The third-order valence-corrected chi connectivity index (χ3v) is 6.93. The molecule has 2 aromatic rings. The van der Waals surface area contributed by atoms with Crippen LogP contribution >= 0.6 is 24.0 Å². The van der Waals surface area contributed by atoms with Crippen LogP contribution in [0.15, 0.2) is 54.2 Å². The van der Waals surface area contributed by atoms with Gasteiger partial charge in [0, 0.05) is 36.7 Å². The smallest absolute Gasteiger partial charge is 0.277 e.